The molecule has 1 aliphatic rings. The van der Waals surface area contributed by atoms with Crippen molar-refractivity contribution in [2.75, 3.05) is 0 Å². The number of ether oxygens (including phenoxy) is 1. The van der Waals surface area contributed by atoms with Crippen LogP contribution in [0.1, 0.15) is 30.1 Å². The summed E-state index contributed by atoms with van der Waals surface area (Å²) in [7, 11) is 0. The lowest BCUT2D eigenvalue weighted by atomic mass is 10.1. The van der Waals surface area contributed by atoms with Crippen molar-refractivity contribution in [3.63, 3.8) is 0 Å². The third-order valence-electron chi connectivity index (χ3n) is 2.38. The van der Waals surface area contributed by atoms with E-state index in [2.05, 4.69) is 0 Å². The van der Waals surface area contributed by atoms with Crippen LogP contribution < -0.4 is 10.5 Å². The monoisotopic (exact) mass is 205 g/mol. The lowest BCUT2D eigenvalue weighted by molar-refractivity contribution is 0.0968. The number of hydrogen-bond donors (Lipinski definition) is 1. The smallest absolute Gasteiger partial charge is 0.179 e. The number of carbonyl (C=O) groups excluding carboxylic acids is 1. The van der Waals surface area contributed by atoms with Crippen LogP contribution >= 0.6 is 0 Å². The Morgan fingerprint density at radius 2 is 2.00 bits per heavy atom. The molecular formula is C12H15NO2. The second kappa shape index (κ2) is 4.03. The number of benzene rings is 1. The van der Waals surface area contributed by atoms with Gasteiger partial charge in [0.2, 0.25) is 0 Å². The minimum atomic E-state index is -0.444. The van der Waals surface area contributed by atoms with Gasteiger partial charge in [-0.1, -0.05) is 0 Å². The predicted octanol–water partition coefficient (Wildman–Crippen LogP) is 1.76. The summed E-state index contributed by atoms with van der Waals surface area (Å²) in [5, 5.41) is 0. The first kappa shape index (κ1) is 10.2. The highest BCUT2D eigenvalue weighted by molar-refractivity contribution is 5.99. The quantitative estimate of drug-likeness (QED) is 0.762. The normalized spacial score (nSPS) is 17.2. The summed E-state index contributed by atoms with van der Waals surface area (Å²) >= 11 is 0. The molecule has 1 unspecified atom stereocenters. The van der Waals surface area contributed by atoms with E-state index in [4.69, 9.17) is 10.5 Å². The number of ketones is 1. The van der Waals surface area contributed by atoms with Gasteiger partial charge in [0.15, 0.2) is 5.78 Å². The van der Waals surface area contributed by atoms with E-state index in [0.717, 1.165) is 18.6 Å². The Morgan fingerprint density at radius 3 is 2.47 bits per heavy atom. The minimum Gasteiger partial charge on any atom is -0.490 e. The maximum atomic E-state index is 11.5. The van der Waals surface area contributed by atoms with E-state index in [1.807, 2.05) is 12.1 Å². The summed E-state index contributed by atoms with van der Waals surface area (Å²) < 4.78 is 5.58. The van der Waals surface area contributed by atoms with Crippen LogP contribution in [-0.2, 0) is 0 Å². The molecule has 0 amide bonds. The van der Waals surface area contributed by atoms with Crippen LogP contribution in [0.25, 0.3) is 0 Å². The molecule has 2 rings (SSSR count). The molecule has 15 heavy (non-hydrogen) atoms. The fourth-order valence-corrected chi connectivity index (χ4v) is 1.34. The minimum absolute atomic E-state index is 0.0343. The van der Waals surface area contributed by atoms with Gasteiger partial charge in [-0.05, 0) is 44.0 Å². The number of carbonyl (C=O) groups is 1. The SMILES string of the molecule is CC(N)C(=O)c1ccc(OC2CC2)cc1. The maximum absolute atomic E-state index is 11.5. The predicted molar refractivity (Wildman–Crippen MR) is 58.1 cm³/mol. The first-order chi connectivity index (χ1) is 7.16. The van der Waals surface area contributed by atoms with Gasteiger partial charge in [0.05, 0.1) is 12.1 Å². The summed E-state index contributed by atoms with van der Waals surface area (Å²) in [6.07, 6.45) is 2.67. The summed E-state index contributed by atoms with van der Waals surface area (Å²) in [6, 6.07) is 6.74. The van der Waals surface area contributed by atoms with Gasteiger partial charge in [-0.2, -0.15) is 0 Å². The van der Waals surface area contributed by atoms with Crippen molar-refractivity contribution < 1.29 is 9.53 Å². The van der Waals surface area contributed by atoms with Crippen LogP contribution in [0.2, 0.25) is 0 Å². The Morgan fingerprint density at radius 1 is 1.40 bits per heavy atom. The second-order valence-corrected chi connectivity index (χ2v) is 3.99. The van der Waals surface area contributed by atoms with Gasteiger partial charge in [0, 0.05) is 5.56 Å². The lowest BCUT2D eigenvalue weighted by Crippen LogP contribution is -2.26. The third-order valence-corrected chi connectivity index (χ3v) is 2.38. The van der Waals surface area contributed by atoms with Crippen LogP contribution in [0.15, 0.2) is 24.3 Å². The van der Waals surface area contributed by atoms with E-state index in [-0.39, 0.29) is 5.78 Å². The Kier molecular flexibility index (Phi) is 2.73. The van der Waals surface area contributed by atoms with E-state index < -0.39 is 6.04 Å². The zero-order chi connectivity index (χ0) is 10.8. The average molecular weight is 205 g/mol. The van der Waals surface area contributed by atoms with Crippen molar-refractivity contribution in [1.29, 1.82) is 0 Å². The first-order valence-electron chi connectivity index (χ1n) is 5.23. The molecule has 0 aromatic heterocycles. The highest BCUT2D eigenvalue weighted by atomic mass is 16.5. The fraction of sp³-hybridized carbons (Fsp3) is 0.417. The van der Waals surface area contributed by atoms with E-state index in [1.54, 1.807) is 19.1 Å². The van der Waals surface area contributed by atoms with Crippen molar-refractivity contribution in [3.8, 4) is 5.75 Å². The van der Waals surface area contributed by atoms with Crippen molar-refractivity contribution in [1.82, 2.24) is 0 Å². The highest BCUT2D eigenvalue weighted by Gasteiger charge is 2.23. The van der Waals surface area contributed by atoms with Gasteiger partial charge in [0.1, 0.15) is 5.75 Å². The van der Waals surface area contributed by atoms with Crippen LogP contribution in [0.5, 0.6) is 5.75 Å². The summed E-state index contributed by atoms with van der Waals surface area (Å²) in [5.74, 6) is 0.798. The molecule has 0 aliphatic heterocycles. The largest absolute Gasteiger partial charge is 0.490 e. The Hall–Kier alpha value is -1.35. The van der Waals surface area contributed by atoms with E-state index in [1.165, 1.54) is 0 Å². The van der Waals surface area contributed by atoms with Gasteiger partial charge >= 0.3 is 0 Å². The van der Waals surface area contributed by atoms with E-state index in [0.29, 0.717) is 11.7 Å². The standard InChI is InChI=1S/C12H15NO2/c1-8(13)12(14)9-2-4-10(5-3-9)15-11-6-7-11/h2-5,8,11H,6-7,13H2,1H3. The molecule has 0 radical (unpaired) electrons. The van der Waals surface area contributed by atoms with Crippen LogP contribution in [0, 0.1) is 0 Å². The van der Waals surface area contributed by atoms with Gasteiger partial charge in [-0.25, -0.2) is 0 Å². The third kappa shape index (κ3) is 2.57. The molecule has 1 aliphatic carbocycles. The van der Waals surface area contributed by atoms with Crippen molar-refractivity contribution in [3.05, 3.63) is 29.8 Å². The molecular weight excluding hydrogens is 190 g/mol. The molecule has 1 fully saturated rings. The number of rotatable bonds is 4. The average Bonchev–Trinajstić information content (AvgIpc) is 3.02. The molecule has 1 aromatic carbocycles. The van der Waals surface area contributed by atoms with Gasteiger partial charge < -0.3 is 10.5 Å². The first-order valence-corrected chi connectivity index (χ1v) is 5.23. The van der Waals surface area contributed by atoms with Gasteiger partial charge in [0.25, 0.3) is 0 Å². The molecule has 0 heterocycles. The molecule has 0 bridgehead atoms. The molecule has 0 spiro atoms. The topological polar surface area (TPSA) is 52.3 Å². The molecule has 2 N–H and O–H groups in total. The molecule has 1 aromatic rings. The molecule has 1 saturated carbocycles. The Labute approximate surface area is 89.2 Å². The number of hydrogen-bond acceptors (Lipinski definition) is 3. The summed E-state index contributed by atoms with van der Waals surface area (Å²) in [6.45, 7) is 1.69. The number of Topliss-reactive ketones (excluding diaryl/α,β-unsaturated/α-hetero) is 1. The molecule has 3 heteroatoms. The molecule has 0 saturated heterocycles. The number of nitrogens with two attached hydrogens (primary N) is 1. The lowest BCUT2D eigenvalue weighted by Gasteiger charge is -2.06. The van der Waals surface area contributed by atoms with Crippen molar-refractivity contribution in [2.45, 2.75) is 31.9 Å². The zero-order valence-electron chi connectivity index (χ0n) is 8.77. The van der Waals surface area contributed by atoms with Crippen LogP contribution in [0.4, 0.5) is 0 Å². The van der Waals surface area contributed by atoms with Gasteiger partial charge in [-0.3, -0.25) is 4.79 Å². The zero-order valence-corrected chi connectivity index (χ0v) is 8.77. The molecule has 1 atom stereocenters. The highest BCUT2D eigenvalue weighted by Crippen LogP contribution is 2.26. The Bertz CT molecular complexity index is 352. The maximum Gasteiger partial charge on any atom is 0.179 e. The van der Waals surface area contributed by atoms with Crippen LogP contribution in [-0.4, -0.2) is 17.9 Å². The van der Waals surface area contributed by atoms with Crippen molar-refractivity contribution >= 4 is 5.78 Å². The summed E-state index contributed by atoms with van der Waals surface area (Å²) in [5.41, 5.74) is 6.16. The fourth-order valence-electron chi connectivity index (χ4n) is 1.34. The Balaban J connectivity index is 2.05. The van der Waals surface area contributed by atoms with E-state index >= 15 is 0 Å². The van der Waals surface area contributed by atoms with Crippen molar-refractivity contribution in [2.24, 2.45) is 5.73 Å². The van der Waals surface area contributed by atoms with E-state index in [9.17, 15) is 4.79 Å². The second-order valence-electron chi connectivity index (χ2n) is 3.99. The molecule has 80 valence electrons. The van der Waals surface area contributed by atoms with Crippen LogP contribution in [0.3, 0.4) is 0 Å². The summed E-state index contributed by atoms with van der Waals surface area (Å²) in [4.78, 5) is 11.5. The molecule has 3 nitrogen and oxygen atoms in total. The van der Waals surface area contributed by atoms with Gasteiger partial charge in [-0.15, -0.1) is 0 Å².